The summed E-state index contributed by atoms with van der Waals surface area (Å²) < 4.78 is 26.8. The van der Waals surface area contributed by atoms with Crippen LogP contribution in [0.1, 0.15) is 31.2 Å². The van der Waals surface area contributed by atoms with Crippen molar-refractivity contribution in [2.24, 2.45) is 0 Å². The van der Waals surface area contributed by atoms with Gasteiger partial charge in [-0.25, -0.2) is 0 Å². The van der Waals surface area contributed by atoms with E-state index in [-0.39, 0.29) is 12.5 Å². The molecule has 0 bridgehead atoms. The smallest absolute Gasteiger partial charge is 0.264 e. The molecule has 1 atom stereocenters. The van der Waals surface area contributed by atoms with Crippen molar-refractivity contribution in [3.05, 3.63) is 34.9 Å². The van der Waals surface area contributed by atoms with Gasteiger partial charge in [0.15, 0.2) is 0 Å². The second-order valence-electron chi connectivity index (χ2n) is 4.03. The van der Waals surface area contributed by atoms with Crippen LogP contribution in [0.4, 0.5) is 0 Å². The molecule has 0 aliphatic rings. The van der Waals surface area contributed by atoms with E-state index in [2.05, 4.69) is 6.92 Å². The lowest BCUT2D eigenvalue weighted by atomic mass is 9.96. The van der Waals surface area contributed by atoms with Crippen LogP contribution in [0.15, 0.2) is 24.3 Å². The Bertz CT molecular complexity index is 439. The van der Waals surface area contributed by atoms with Gasteiger partial charge in [0.2, 0.25) is 0 Å². The van der Waals surface area contributed by atoms with Gasteiger partial charge in [-0.15, -0.1) is 0 Å². The van der Waals surface area contributed by atoms with Crippen LogP contribution in [0, 0.1) is 0 Å². The molecule has 1 aromatic carbocycles. The third kappa shape index (κ3) is 5.52. The van der Waals surface area contributed by atoms with Crippen molar-refractivity contribution in [3.8, 4) is 0 Å². The number of hydrogen-bond acceptors (Lipinski definition) is 3. The molecule has 0 spiro atoms. The van der Waals surface area contributed by atoms with Crippen molar-refractivity contribution in [2.75, 3.05) is 12.9 Å². The second kappa shape index (κ2) is 6.38. The molecule has 1 aromatic rings. The minimum atomic E-state index is -3.38. The molecule has 0 aromatic heterocycles. The van der Waals surface area contributed by atoms with E-state index in [0.29, 0.717) is 5.02 Å². The van der Waals surface area contributed by atoms with Gasteiger partial charge in [-0.3, -0.25) is 4.18 Å². The molecule has 0 saturated carbocycles. The fourth-order valence-corrected chi connectivity index (χ4v) is 2.17. The zero-order valence-corrected chi connectivity index (χ0v) is 11.6. The Kier molecular flexibility index (Phi) is 5.43. The Hall–Kier alpha value is -0.580. The normalized spacial score (nSPS) is 13.6. The highest BCUT2D eigenvalue weighted by Crippen LogP contribution is 2.23. The van der Waals surface area contributed by atoms with Gasteiger partial charge in [0.1, 0.15) is 0 Å². The van der Waals surface area contributed by atoms with Crippen molar-refractivity contribution in [3.63, 3.8) is 0 Å². The maximum absolute atomic E-state index is 11.0. The third-order valence-corrected chi connectivity index (χ3v) is 3.28. The van der Waals surface area contributed by atoms with Crippen LogP contribution < -0.4 is 0 Å². The summed E-state index contributed by atoms with van der Waals surface area (Å²) in [5, 5.41) is 0.674. The molecule has 0 heterocycles. The summed E-state index contributed by atoms with van der Waals surface area (Å²) in [4.78, 5) is 0. The molecule has 0 N–H and O–H groups in total. The van der Waals surface area contributed by atoms with E-state index in [1.165, 1.54) is 0 Å². The molecule has 0 aliphatic carbocycles. The number of rotatable bonds is 6. The minimum absolute atomic E-state index is 0.0898. The lowest BCUT2D eigenvalue weighted by Crippen LogP contribution is -2.12. The Balaban J connectivity index is 2.75. The van der Waals surface area contributed by atoms with Crippen LogP contribution in [0.25, 0.3) is 0 Å². The molecule has 0 saturated heterocycles. The van der Waals surface area contributed by atoms with E-state index in [4.69, 9.17) is 15.8 Å². The summed E-state index contributed by atoms with van der Waals surface area (Å²) in [5.74, 6) is 0.0898. The first-order valence-corrected chi connectivity index (χ1v) is 7.71. The van der Waals surface area contributed by atoms with Gasteiger partial charge in [0.05, 0.1) is 12.9 Å². The van der Waals surface area contributed by atoms with Gasteiger partial charge >= 0.3 is 0 Å². The summed E-state index contributed by atoms with van der Waals surface area (Å²) in [6.07, 6.45) is 2.93. The quantitative estimate of drug-likeness (QED) is 0.750. The topological polar surface area (TPSA) is 43.4 Å². The van der Waals surface area contributed by atoms with Crippen molar-refractivity contribution < 1.29 is 12.6 Å². The fourth-order valence-electron chi connectivity index (χ4n) is 1.64. The van der Waals surface area contributed by atoms with E-state index in [0.717, 1.165) is 24.7 Å². The van der Waals surface area contributed by atoms with Gasteiger partial charge in [0, 0.05) is 10.9 Å². The molecule has 5 heteroatoms. The lowest BCUT2D eigenvalue weighted by molar-refractivity contribution is 0.287. The predicted octanol–water partition coefficient (Wildman–Crippen LogP) is 3.20. The van der Waals surface area contributed by atoms with Gasteiger partial charge in [-0.05, 0) is 24.1 Å². The van der Waals surface area contributed by atoms with Gasteiger partial charge in [-0.1, -0.05) is 37.1 Å². The largest absolute Gasteiger partial charge is 0.270 e. The Labute approximate surface area is 108 Å². The zero-order valence-electron chi connectivity index (χ0n) is 10.0. The van der Waals surface area contributed by atoms with Crippen LogP contribution in [0.2, 0.25) is 5.02 Å². The van der Waals surface area contributed by atoms with E-state index in [9.17, 15) is 8.42 Å². The molecular formula is C12H17ClO3S. The Morgan fingerprint density at radius 3 is 2.35 bits per heavy atom. The summed E-state index contributed by atoms with van der Waals surface area (Å²) in [6.45, 7) is 2.25. The highest BCUT2D eigenvalue weighted by molar-refractivity contribution is 7.85. The summed E-state index contributed by atoms with van der Waals surface area (Å²) in [6, 6.07) is 7.43. The average Bonchev–Trinajstić information content (AvgIpc) is 2.24. The van der Waals surface area contributed by atoms with E-state index in [1.54, 1.807) is 12.1 Å². The predicted molar refractivity (Wildman–Crippen MR) is 69.9 cm³/mol. The first-order valence-electron chi connectivity index (χ1n) is 5.52. The zero-order chi connectivity index (χ0) is 12.9. The van der Waals surface area contributed by atoms with Gasteiger partial charge < -0.3 is 0 Å². The first-order chi connectivity index (χ1) is 7.92. The van der Waals surface area contributed by atoms with E-state index >= 15 is 0 Å². The molecule has 3 nitrogen and oxygen atoms in total. The van der Waals surface area contributed by atoms with Crippen molar-refractivity contribution in [1.29, 1.82) is 0 Å². The molecule has 1 rings (SSSR count). The lowest BCUT2D eigenvalue weighted by Gasteiger charge is -2.16. The van der Waals surface area contributed by atoms with Crippen LogP contribution >= 0.6 is 11.6 Å². The third-order valence-electron chi connectivity index (χ3n) is 2.46. The van der Waals surface area contributed by atoms with Crippen LogP contribution in [-0.2, 0) is 14.3 Å². The summed E-state index contributed by atoms with van der Waals surface area (Å²) in [7, 11) is -3.38. The fraction of sp³-hybridized carbons (Fsp3) is 0.500. The molecule has 17 heavy (non-hydrogen) atoms. The van der Waals surface area contributed by atoms with Crippen molar-refractivity contribution in [1.82, 2.24) is 0 Å². The monoisotopic (exact) mass is 276 g/mol. The van der Waals surface area contributed by atoms with Gasteiger partial charge in [0.25, 0.3) is 10.1 Å². The standard InChI is InChI=1S/C12H17ClO3S/c1-3-4-11(9-16-17(2,14)15)10-5-7-12(13)8-6-10/h5-8,11H,3-4,9H2,1-2H3. The van der Waals surface area contributed by atoms with E-state index in [1.807, 2.05) is 12.1 Å². The Morgan fingerprint density at radius 2 is 1.88 bits per heavy atom. The number of benzene rings is 1. The van der Waals surface area contributed by atoms with Crippen molar-refractivity contribution in [2.45, 2.75) is 25.7 Å². The SMILES string of the molecule is CCCC(COS(C)(=O)=O)c1ccc(Cl)cc1. The maximum Gasteiger partial charge on any atom is 0.264 e. The molecule has 0 amide bonds. The molecule has 1 unspecified atom stereocenters. The van der Waals surface area contributed by atoms with Crippen molar-refractivity contribution >= 4 is 21.7 Å². The molecule has 96 valence electrons. The number of halogens is 1. The second-order valence-corrected chi connectivity index (χ2v) is 6.11. The maximum atomic E-state index is 11.0. The highest BCUT2D eigenvalue weighted by Gasteiger charge is 2.14. The Morgan fingerprint density at radius 1 is 1.29 bits per heavy atom. The minimum Gasteiger partial charge on any atom is -0.270 e. The summed E-state index contributed by atoms with van der Waals surface area (Å²) >= 11 is 5.82. The van der Waals surface area contributed by atoms with Gasteiger partial charge in [-0.2, -0.15) is 8.42 Å². The molecule has 0 fully saturated rings. The average molecular weight is 277 g/mol. The molecular weight excluding hydrogens is 260 g/mol. The van der Waals surface area contributed by atoms with Crippen LogP contribution in [-0.4, -0.2) is 21.3 Å². The number of hydrogen-bond donors (Lipinski definition) is 0. The highest BCUT2D eigenvalue weighted by atomic mass is 35.5. The molecule has 0 radical (unpaired) electrons. The van der Waals surface area contributed by atoms with Crippen LogP contribution in [0.3, 0.4) is 0 Å². The van der Waals surface area contributed by atoms with Crippen LogP contribution in [0.5, 0.6) is 0 Å². The van der Waals surface area contributed by atoms with E-state index < -0.39 is 10.1 Å². The molecule has 0 aliphatic heterocycles. The first kappa shape index (κ1) is 14.5. The summed E-state index contributed by atoms with van der Waals surface area (Å²) in [5.41, 5.74) is 1.06.